The van der Waals surface area contributed by atoms with Crippen molar-refractivity contribution >= 4 is 5.97 Å². The number of ether oxygens (including phenoxy) is 2. The van der Waals surface area contributed by atoms with Gasteiger partial charge in [-0.25, -0.2) is 0 Å². The van der Waals surface area contributed by atoms with Gasteiger partial charge in [-0.1, -0.05) is 64.5 Å². The highest BCUT2D eigenvalue weighted by atomic mass is 16.6. The summed E-state index contributed by atoms with van der Waals surface area (Å²) in [6.07, 6.45) is 11.8. The van der Waals surface area contributed by atoms with E-state index in [4.69, 9.17) is 9.47 Å². The van der Waals surface area contributed by atoms with Gasteiger partial charge in [0.25, 0.3) is 0 Å². The quantitative estimate of drug-likeness (QED) is 0.281. The second-order valence-corrected chi connectivity index (χ2v) is 7.27. The van der Waals surface area contributed by atoms with Crippen LogP contribution in [0, 0.1) is 0 Å². The predicted molar refractivity (Wildman–Crippen MR) is 109 cm³/mol. The molecule has 0 radical (unpaired) electrons. The number of benzene rings is 1. The molecule has 0 aliphatic carbocycles. The van der Waals surface area contributed by atoms with Crippen molar-refractivity contribution in [1.29, 1.82) is 0 Å². The molecule has 1 aromatic carbocycles. The number of aryl methyl sites for hydroxylation is 1. The van der Waals surface area contributed by atoms with Crippen molar-refractivity contribution in [2.45, 2.75) is 104 Å². The van der Waals surface area contributed by atoms with Crippen molar-refractivity contribution in [3.63, 3.8) is 0 Å². The van der Waals surface area contributed by atoms with E-state index in [1.165, 1.54) is 51.0 Å². The molecule has 0 aromatic heterocycles. The maximum absolute atomic E-state index is 11.2. The molecule has 0 aliphatic heterocycles. The largest absolute Gasteiger partial charge is 0.487 e. The highest BCUT2D eigenvalue weighted by Gasteiger charge is 2.21. The van der Waals surface area contributed by atoms with Gasteiger partial charge in [-0.2, -0.15) is 0 Å². The predicted octanol–water partition coefficient (Wildman–Crippen LogP) is 6.48. The number of esters is 1. The van der Waals surface area contributed by atoms with Crippen LogP contribution in [0.25, 0.3) is 0 Å². The maximum atomic E-state index is 11.2. The summed E-state index contributed by atoms with van der Waals surface area (Å²) in [6.45, 7) is 7.77. The van der Waals surface area contributed by atoms with Gasteiger partial charge in [0.15, 0.2) is 0 Å². The summed E-state index contributed by atoms with van der Waals surface area (Å²) in [7, 11) is 0. The zero-order valence-electron chi connectivity index (χ0n) is 17.3. The van der Waals surface area contributed by atoms with E-state index >= 15 is 0 Å². The van der Waals surface area contributed by atoms with Crippen molar-refractivity contribution in [3.05, 3.63) is 29.8 Å². The molecule has 0 saturated carbocycles. The van der Waals surface area contributed by atoms with Crippen LogP contribution in [0.2, 0.25) is 0 Å². The SMILES string of the molecule is CCCCCCCCc1ccc(OC(CCCC)C(C)OC(C)=O)cc1. The number of rotatable bonds is 14. The van der Waals surface area contributed by atoms with E-state index in [-0.39, 0.29) is 18.2 Å². The minimum absolute atomic E-state index is 0.0942. The first-order chi connectivity index (χ1) is 12.6. The van der Waals surface area contributed by atoms with E-state index < -0.39 is 0 Å². The van der Waals surface area contributed by atoms with E-state index in [9.17, 15) is 4.79 Å². The van der Waals surface area contributed by atoms with Crippen LogP contribution < -0.4 is 4.74 Å². The lowest BCUT2D eigenvalue weighted by Gasteiger charge is -2.25. The Bertz CT molecular complexity index is 481. The second kappa shape index (κ2) is 13.7. The van der Waals surface area contributed by atoms with E-state index in [0.717, 1.165) is 31.4 Å². The van der Waals surface area contributed by atoms with Crippen LogP contribution in [0.4, 0.5) is 0 Å². The highest BCUT2D eigenvalue weighted by molar-refractivity contribution is 5.66. The van der Waals surface area contributed by atoms with E-state index in [1.807, 2.05) is 19.1 Å². The fourth-order valence-electron chi connectivity index (χ4n) is 3.15. The smallest absolute Gasteiger partial charge is 0.303 e. The van der Waals surface area contributed by atoms with Crippen molar-refractivity contribution in [2.75, 3.05) is 0 Å². The van der Waals surface area contributed by atoms with Crippen molar-refractivity contribution in [2.24, 2.45) is 0 Å². The zero-order chi connectivity index (χ0) is 19.2. The number of carbonyl (C=O) groups is 1. The van der Waals surface area contributed by atoms with Crippen LogP contribution in [0.15, 0.2) is 24.3 Å². The molecule has 0 fully saturated rings. The number of hydrogen-bond donors (Lipinski definition) is 0. The molecule has 0 amide bonds. The molecular weight excluding hydrogens is 324 g/mol. The van der Waals surface area contributed by atoms with Gasteiger partial charge in [0, 0.05) is 6.92 Å². The van der Waals surface area contributed by atoms with Crippen molar-refractivity contribution in [3.8, 4) is 5.75 Å². The molecule has 0 heterocycles. The van der Waals surface area contributed by atoms with Crippen LogP contribution in [0.5, 0.6) is 5.75 Å². The lowest BCUT2D eigenvalue weighted by molar-refractivity contribution is -0.150. The molecule has 3 nitrogen and oxygen atoms in total. The Hall–Kier alpha value is -1.51. The first-order valence-electron chi connectivity index (χ1n) is 10.5. The topological polar surface area (TPSA) is 35.5 Å². The Balaban J connectivity index is 2.47. The molecule has 0 aliphatic rings. The van der Waals surface area contributed by atoms with Gasteiger partial charge in [-0.05, 0) is 50.3 Å². The van der Waals surface area contributed by atoms with Crippen LogP contribution in [0.3, 0.4) is 0 Å². The van der Waals surface area contributed by atoms with Gasteiger partial charge < -0.3 is 9.47 Å². The van der Waals surface area contributed by atoms with Gasteiger partial charge in [-0.15, -0.1) is 0 Å². The molecule has 0 bridgehead atoms. The molecule has 3 heteroatoms. The third-order valence-electron chi connectivity index (χ3n) is 4.75. The first-order valence-corrected chi connectivity index (χ1v) is 10.5. The Kier molecular flexibility index (Phi) is 11.8. The fraction of sp³-hybridized carbons (Fsp3) is 0.696. The van der Waals surface area contributed by atoms with Crippen molar-refractivity contribution < 1.29 is 14.3 Å². The third kappa shape index (κ3) is 9.84. The maximum Gasteiger partial charge on any atom is 0.303 e. The molecule has 2 unspecified atom stereocenters. The summed E-state index contributed by atoms with van der Waals surface area (Å²) < 4.78 is 11.5. The monoisotopic (exact) mass is 362 g/mol. The number of unbranched alkanes of at least 4 members (excludes halogenated alkanes) is 6. The summed E-state index contributed by atoms with van der Waals surface area (Å²) in [5.74, 6) is 0.605. The highest BCUT2D eigenvalue weighted by Crippen LogP contribution is 2.20. The molecule has 0 saturated heterocycles. The van der Waals surface area contributed by atoms with Crippen LogP contribution in [-0.4, -0.2) is 18.2 Å². The van der Waals surface area contributed by atoms with Gasteiger partial charge in [0.1, 0.15) is 18.0 Å². The number of hydrogen-bond acceptors (Lipinski definition) is 3. The average Bonchev–Trinajstić information content (AvgIpc) is 2.62. The zero-order valence-corrected chi connectivity index (χ0v) is 17.3. The van der Waals surface area contributed by atoms with Gasteiger partial charge >= 0.3 is 5.97 Å². The fourth-order valence-corrected chi connectivity index (χ4v) is 3.15. The summed E-state index contributed by atoms with van der Waals surface area (Å²) in [4.78, 5) is 11.2. The Morgan fingerprint density at radius 1 is 0.923 bits per heavy atom. The van der Waals surface area contributed by atoms with Crippen LogP contribution in [0.1, 0.15) is 91.0 Å². The summed E-state index contributed by atoms with van der Waals surface area (Å²) in [6, 6.07) is 8.42. The van der Waals surface area contributed by atoms with Crippen LogP contribution in [-0.2, 0) is 16.0 Å². The average molecular weight is 363 g/mol. The molecule has 0 N–H and O–H groups in total. The normalized spacial score (nSPS) is 13.2. The van der Waals surface area contributed by atoms with E-state index in [2.05, 4.69) is 26.0 Å². The second-order valence-electron chi connectivity index (χ2n) is 7.27. The molecule has 148 valence electrons. The van der Waals surface area contributed by atoms with Crippen LogP contribution >= 0.6 is 0 Å². The molecule has 1 rings (SSSR count). The first kappa shape index (κ1) is 22.5. The summed E-state index contributed by atoms with van der Waals surface area (Å²) >= 11 is 0. The minimum atomic E-state index is -0.253. The third-order valence-corrected chi connectivity index (χ3v) is 4.75. The summed E-state index contributed by atoms with van der Waals surface area (Å²) in [5, 5.41) is 0. The van der Waals surface area contributed by atoms with Gasteiger partial charge in [-0.3, -0.25) is 4.79 Å². The molecular formula is C23H38O3. The van der Waals surface area contributed by atoms with Gasteiger partial charge in [0.05, 0.1) is 0 Å². The van der Waals surface area contributed by atoms with E-state index in [1.54, 1.807) is 0 Å². The number of carbonyl (C=O) groups excluding carboxylic acids is 1. The minimum Gasteiger partial charge on any atom is -0.487 e. The molecule has 1 aromatic rings. The Labute approximate surface area is 160 Å². The Morgan fingerprint density at radius 3 is 2.15 bits per heavy atom. The van der Waals surface area contributed by atoms with Gasteiger partial charge in [0.2, 0.25) is 0 Å². The molecule has 2 atom stereocenters. The Morgan fingerprint density at radius 2 is 1.54 bits per heavy atom. The molecule has 0 spiro atoms. The van der Waals surface area contributed by atoms with E-state index in [0.29, 0.717) is 0 Å². The standard InChI is InChI=1S/C23H38O3/c1-5-7-9-10-11-12-13-21-15-17-22(18-16-21)26-23(14-8-6-2)19(3)25-20(4)24/h15-19,23H,5-14H2,1-4H3. The molecule has 26 heavy (non-hydrogen) atoms. The lowest BCUT2D eigenvalue weighted by Crippen LogP contribution is -2.33. The van der Waals surface area contributed by atoms with Crippen molar-refractivity contribution in [1.82, 2.24) is 0 Å². The summed E-state index contributed by atoms with van der Waals surface area (Å²) in [5.41, 5.74) is 1.37. The lowest BCUT2D eigenvalue weighted by atomic mass is 10.0.